The molecule has 1 aliphatic heterocycles. The van der Waals surface area contributed by atoms with E-state index < -0.39 is 0 Å². The predicted octanol–water partition coefficient (Wildman–Crippen LogP) is 2.91. The maximum Gasteiger partial charge on any atom is 0.201 e. The molecule has 1 atom stereocenters. The Morgan fingerprint density at radius 2 is 2.11 bits per heavy atom. The molecule has 4 heteroatoms. The van der Waals surface area contributed by atoms with Crippen LogP contribution in [0.1, 0.15) is 31.4 Å². The average Bonchev–Trinajstić information content (AvgIpc) is 2.74. The minimum atomic E-state index is 0.371. The Kier molecular flexibility index (Phi) is 3.19. The van der Waals surface area contributed by atoms with Crippen molar-refractivity contribution in [2.24, 2.45) is 5.92 Å². The van der Waals surface area contributed by atoms with E-state index in [2.05, 4.69) is 35.5 Å². The van der Waals surface area contributed by atoms with Crippen LogP contribution in [-0.2, 0) is 4.74 Å². The predicted molar refractivity (Wildman–Crippen MR) is 77.1 cm³/mol. The number of anilines is 1. The van der Waals surface area contributed by atoms with Crippen LogP contribution in [0.25, 0.3) is 11.0 Å². The number of aromatic nitrogens is 2. The van der Waals surface area contributed by atoms with Crippen LogP contribution in [0.5, 0.6) is 0 Å². The van der Waals surface area contributed by atoms with Crippen molar-refractivity contribution < 1.29 is 4.74 Å². The summed E-state index contributed by atoms with van der Waals surface area (Å²) in [5.41, 5.74) is 9.51. The highest BCUT2D eigenvalue weighted by Crippen LogP contribution is 2.32. The highest BCUT2D eigenvalue weighted by atomic mass is 16.5. The fourth-order valence-electron chi connectivity index (χ4n) is 3.06. The third-order valence-corrected chi connectivity index (χ3v) is 4.23. The summed E-state index contributed by atoms with van der Waals surface area (Å²) in [6.07, 6.45) is 2.21. The fraction of sp³-hybridized carbons (Fsp3) is 0.533. The van der Waals surface area contributed by atoms with Crippen molar-refractivity contribution in [2.45, 2.75) is 32.7 Å². The van der Waals surface area contributed by atoms with Gasteiger partial charge < -0.3 is 15.0 Å². The molecule has 1 unspecified atom stereocenters. The second-order valence-corrected chi connectivity index (χ2v) is 5.52. The minimum Gasteiger partial charge on any atom is -0.381 e. The van der Waals surface area contributed by atoms with Gasteiger partial charge in [-0.3, -0.25) is 0 Å². The zero-order valence-corrected chi connectivity index (χ0v) is 11.6. The van der Waals surface area contributed by atoms with Gasteiger partial charge in [0, 0.05) is 19.3 Å². The van der Waals surface area contributed by atoms with Gasteiger partial charge in [0.25, 0.3) is 0 Å². The molecule has 19 heavy (non-hydrogen) atoms. The molecule has 2 N–H and O–H groups in total. The monoisotopic (exact) mass is 259 g/mol. The number of nitrogen functional groups attached to an aromatic ring is 1. The number of imidazole rings is 1. The molecule has 1 saturated heterocycles. The van der Waals surface area contributed by atoms with Crippen molar-refractivity contribution in [3.63, 3.8) is 0 Å². The lowest BCUT2D eigenvalue weighted by Crippen LogP contribution is -2.24. The smallest absolute Gasteiger partial charge is 0.201 e. The quantitative estimate of drug-likeness (QED) is 0.902. The molecule has 0 radical (unpaired) electrons. The molecule has 0 amide bonds. The number of nitrogens with two attached hydrogens (primary N) is 1. The lowest BCUT2D eigenvalue weighted by Gasteiger charge is -2.29. The third-order valence-electron chi connectivity index (χ3n) is 4.23. The summed E-state index contributed by atoms with van der Waals surface area (Å²) in [6.45, 7) is 6.07. The number of fused-ring (bicyclic) bond motifs is 1. The first-order chi connectivity index (χ1) is 9.16. The number of nitrogens with zero attached hydrogens (tertiary/aromatic N) is 2. The van der Waals surface area contributed by atoms with Gasteiger partial charge in [0.05, 0.1) is 11.0 Å². The van der Waals surface area contributed by atoms with Crippen molar-refractivity contribution in [2.75, 3.05) is 18.9 Å². The van der Waals surface area contributed by atoms with E-state index in [9.17, 15) is 0 Å². The fourth-order valence-corrected chi connectivity index (χ4v) is 3.06. The van der Waals surface area contributed by atoms with Gasteiger partial charge in [-0.25, -0.2) is 4.98 Å². The van der Waals surface area contributed by atoms with Crippen LogP contribution >= 0.6 is 0 Å². The minimum absolute atomic E-state index is 0.371. The van der Waals surface area contributed by atoms with Crippen molar-refractivity contribution in [1.29, 1.82) is 0 Å². The van der Waals surface area contributed by atoms with E-state index in [1.165, 1.54) is 5.56 Å². The van der Waals surface area contributed by atoms with Gasteiger partial charge in [-0.05, 0) is 50.3 Å². The Balaban J connectivity index is 2.02. The molecule has 1 aliphatic rings. The van der Waals surface area contributed by atoms with E-state index in [4.69, 9.17) is 10.5 Å². The standard InChI is InChI=1S/C15H21N3O/c1-10-3-4-13-14(9-10)18(15(16)17-13)11(2)12-5-7-19-8-6-12/h3-4,9,11-12H,5-8H2,1-2H3,(H2,16,17). The van der Waals surface area contributed by atoms with Crippen LogP contribution in [0.4, 0.5) is 5.95 Å². The van der Waals surface area contributed by atoms with E-state index in [1.54, 1.807) is 0 Å². The van der Waals surface area contributed by atoms with Crippen LogP contribution < -0.4 is 5.73 Å². The van der Waals surface area contributed by atoms with Crippen LogP contribution in [0.3, 0.4) is 0 Å². The molecule has 3 rings (SSSR count). The molecule has 4 nitrogen and oxygen atoms in total. The van der Waals surface area contributed by atoms with Crippen molar-refractivity contribution in [1.82, 2.24) is 9.55 Å². The van der Waals surface area contributed by atoms with Gasteiger partial charge in [-0.1, -0.05) is 6.07 Å². The number of hydrogen-bond donors (Lipinski definition) is 1. The SMILES string of the molecule is Cc1ccc2nc(N)n(C(C)C3CCOCC3)c2c1. The van der Waals surface area contributed by atoms with Crippen LogP contribution in [0.15, 0.2) is 18.2 Å². The Morgan fingerprint density at radius 1 is 1.37 bits per heavy atom. The van der Waals surface area contributed by atoms with E-state index in [0.29, 0.717) is 17.9 Å². The first-order valence-corrected chi connectivity index (χ1v) is 6.98. The second-order valence-electron chi connectivity index (χ2n) is 5.52. The molecule has 1 fully saturated rings. The maximum absolute atomic E-state index is 6.13. The highest BCUT2D eigenvalue weighted by Gasteiger charge is 2.24. The number of hydrogen-bond acceptors (Lipinski definition) is 3. The zero-order valence-electron chi connectivity index (χ0n) is 11.6. The second kappa shape index (κ2) is 4.85. The van der Waals surface area contributed by atoms with Gasteiger partial charge >= 0.3 is 0 Å². The van der Waals surface area contributed by atoms with E-state index in [1.807, 2.05) is 6.07 Å². The van der Waals surface area contributed by atoms with Gasteiger partial charge in [0.2, 0.25) is 5.95 Å². The topological polar surface area (TPSA) is 53.1 Å². The lowest BCUT2D eigenvalue weighted by molar-refractivity contribution is 0.0521. The van der Waals surface area contributed by atoms with Gasteiger partial charge in [0.1, 0.15) is 0 Å². The maximum atomic E-state index is 6.13. The van der Waals surface area contributed by atoms with Crippen molar-refractivity contribution >= 4 is 17.0 Å². The van der Waals surface area contributed by atoms with Gasteiger partial charge in [-0.2, -0.15) is 0 Å². The molecule has 0 bridgehead atoms. The summed E-state index contributed by atoms with van der Waals surface area (Å²) in [7, 11) is 0. The van der Waals surface area contributed by atoms with Gasteiger partial charge in [0.15, 0.2) is 0 Å². The molecule has 0 spiro atoms. The summed E-state index contributed by atoms with van der Waals surface area (Å²) in [5.74, 6) is 1.24. The molecule has 102 valence electrons. The Labute approximate surface area is 113 Å². The van der Waals surface area contributed by atoms with E-state index >= 15 is 0 Å². The summed E-state index contributed by atoms with van der Waals surface area (Å²) < 4.78 is 7.64. The van der Waals surface area contributed by atoms with E-state index in [-0.39, 0.29) is 0 Å². The number of benzene rings is 1. The van der Waals surface area contributed by atoms with Crippen LogP contribution in [-0.4, -0.2) is 22.8 Å². The Bertz CT molecular complexity index is 584. The highest BCUT2D eigenvalue weighted by molar-refractivity contribution is 5.79. The Hall–Kier alpha value is -1.55. The molecular formula is C15H21N3O. The first-order valence-electron chi connectivity index (χ1n) is 6.98. The largest absolute Gasteiger partial charge is 0.381 e. The van der Waals surface area contributed by atoms with E-state index in [0.717, 1.165) is 37.1 Å². The Morgan fingerprint density at radius 3 is 2.84 bits per heavy atom. The summed E-state index contributed by atoms with van der Waals surface area (Å²) in [4.78, 5) is 4.48. The number of ether oxygens (including phenoxy) is 1. The summed E-state index contributed by atoms with van der Waals surface area (Å²) >= 11 is 0. The molecule has 0 aliphatic carbocycles. The van der Waals surface area contributed by atoms with Gasteiger partial charge in [-0.15, -0.1) is 0 Å². The molecule has 0 saturated carbocycles. The third kappa shape index (κ3) is 2.21. The molecule has 1 aromatic carbocycles. The van der Waals surface area contributed by atoms with Crippen LogP contribution in [0, 0.1) is 12.8 Å². The molecule has 2 aromatic rings. The molecular weight excluding hydrogens is 238 g/mol. The number of rotatable bonds is 2. The summed E-state index contributed by atoms with van der Waals surface area (Å²) in [6, 6.07) is 6.68. The van der Waals surface area contributed by atoms with Crippen LogP contribution in [0.2, 0.25) is 0 Å². The lowest BCUT2D eigenvalue weighted by atomic mass is 9.92. The normalized spacial score (nSPS) is 18.8. The average molecular weight is 259 g/mol. The first kappa shape index (κ1) is 12.5. The molecule has 1 aromatic heterocycles. The van der Waals surface area contributed by atoms with Crippen molar-refractivity contribution in [3.05, 3.63) is 23.8 Å². The zero-order chi connectivity index (χ0) is 13.4. The molecule has 2 heterocycles. The van der Waals surface area contributed by atoms with Crippen molar-refractivity contribution in [3.8, 4) is 0 Å². The summed E-state index contributed by atoms with van der Waals surface area (Å²) in [5, 5.41) is 0. The number of aryl methyl sites for hydroxylation is 1.